The first-order chi connectivity index (χ1) is 14.9. The number of ether oxygens (including phenoxy) is 1. The molecule has 2 aliphatic heterocycles. The number of fused-ring (bicyclic) bond motifs is 3. The molecule has 0 aromatic heterocycles. The smallest absolute Gasteiger partial charge is 0.250 e. The zero-order valence-electron chi connectivity index (χ0n) is 18.0. The maximum Gasteiger partial charge on any atom is 0.250 e. The number of oxime groups is 1. The van der Waals surface area contributed by atoms with Crippen LogP contribution in [-0.2, 0) is 20.9 Å². The predicted octanol–water partition coefficient (Wildman–Crippen LogP) is 3.02. The van der Waals surface area contributed by atoms with Crippen molar-refractivity contribution in [1.82, 2.24) is 4.90 Å². The second-order valence-electron chi connectivity index (χ2n) is 8.64. The maximum absolute atomic E-state index is 13.3. The second kappa shape index (κ2) is 7.32. The zero-order chi connectivity index (χ0) is 21.8. The average molecular weight is 418 g/mol. The Morgan fingerprint density at radius 1 is 1.16 bits per heavy atom. The number of ketones is 1. The van der Waals surface area contributed by atoms with Gasteiger partial charge in [-0.25, -0.2) is 0 Å². The molecule has 1 aliphatic carbocycles. The first-order valence-corrected chi connectivity index (χ1v) is 10.6. The van der Waals surface area contributed by atoms with Crippen LogP contribution in [0.25, 0.3) is 0 Å². The van der Waals surface area contributed by atoms with Gasteiger partial charge in [0.1, 0.15) is 11.6 Å². The zero-order valence-corrected chi connectivity index (χ0v) is 18.0. The van der Waals surface area contributed by atoms with Gasteiger partial charge in [-0.15, -0.1) is 0 Å². The van der Waals surface area contributed by atoms with E-state index < -0.39 is 17.8 Å². The van der Waals surface area contributed by atoms with Crippen molar-refractivity contribution in [3.63, 3.8) is 0 Å². The van der Waals surface area contributed by atoms with Crippen LogP contribution in [0.4, 0.5) is 0 Å². The van der Waals surface area contributed by atoms with Crippen LogP contribution in [0.2, 0.25) is 0 Å². The van der Waals surface area contributed by atoms with Crippen molar-refractivity contribution in [2.45, 2.75) is 39.2 Å². The molecule has 2 aromatic carbocycles. The van der Waals surface area contributed by atoms with E-state index in [1.54, 1.807) is 0 Å². The SMILES string of the molecule is Cc1cc(C)c(C2=NO[C@H]3[C@@H]2C(=O)C=C2N(Cc4ccccc4)CCO[C@@]23O)c(C)c1. The number of hydrogen-bond acceptors (Lipinski definition) is 6. The number of nitrogens with zero attached hydrogens (tertiary/aromatic N) is 2. The van der Waals surface area contributed by atoms with Crippen LogP contribution >= 0.6 is 0 Å². The topological polar surface area (TPSA) is 71.4 Å². The van der Waals surface area contributed by atoms with Crippen molar-refractivity contribution < 1.29 is 19.5 Å². The van der Waals surface area contributed by atoms with E-state index in [0.717, 1.165) is 27.8 Å². The fourth-order valence-corrected chi connectivity index (χ4v) is 5.09. The number of morpholine rings is 1. The Hall–Kier alpha value is -2.96. The molecule has 160 valence electrons. The quantitative estimate of drug-likeness (QED) is 0.830. The number of aliphatic hydroxyl groups is 1. The third-order valence-electron chi connectivity index (χ3n) is 6.37. The number of carbonyl (C=O) groups excluding carboxylic acids is 1. The lowest BCUT2D eigenvalue weighted by Gasteiger charge is -2.47. The van der Waals surface area contributed by atoms with E-state index in [1.807, 2.05) is 56.0 Å². The fourth-order valence-electron chi connectivity index (χ4n) is 5.09. The number of hydrogen-bond donors (Lipinski definition) is 1. The molecule has 5 rings (SSSR count). The highest BCUT2D eigenvalue weighted by atomic mass is 16.7. The van der Waals surface area contributed by atoms with E-state index in [-0.39, 0.29) is 5.78 Å². The van der Waals surface area contributed by atoms with Gasteiger partial charge in [0.25, 0.3) is 0 Å². The van der Waals surface area contributed by atoms with Gasteiger partial charge < -0.3 is 19.6 Å². The highest BCUT2D eigenvalue weighted by Gasteiger charge is 2.60. The lowest BCUT2D eigenvalue weighted by molar-refractivity contribution is -0.271. The summed E-state index contributed by atoms with van der Waals surface area (Å²) in [6.45, 7) is 7.55. The molecule has 0 bridgehead atoms. The number of aryl methyl sites for hydroxylation is 3. The van der Waals surface area contributed by atoms with Crippen LogP contribution in [0.3, 0.4) is 0 Å². The van der Waals surface area contributed by atoms with Crippen molar-refractivity contribution in [3.05, 3.63) is 82.1 Å². The molecule has 3 aliphatic rings. The molecule has 0 amide bonds. The lowest BCUT2D eigenvalue weighted by atomic mass is 9.77. The summed E-state index contributed by atoms with van der Waals surface area (Å²) in [4.78, 5) is 21.0. The largest absolute Gasteiger partial charge is 0.385 e. The number of benzene rings is 2. The fraction of sp³-hybridized carbons (Fsp3) is 0.360. The minimum Gasteiger partial charge on any atom is -0.385 e. The highest BCUT2D eigenvalue weighted by Crippen LogP contribution is 2.44. The Morgan fingerprint density at radius 3 is 2.58 bits per heavy atom. The molecule has 2 aromatic rings. The Kier molecular flexibility index (Phi) is 4.72. The first-order valence-electron chi connectivity index (χ1n) is 10.6. The summed E-state index contributed by atoms with van der Waals surface area (Å²) in [5, 5.41) is 15.9. The summed E-state index contributed by atoms with van der Waals surface area (Å²) < 4.78 is 5.86. The monoisotopic (exact) mass is 418 g/mol. The summed E-state index contributed by atoms with van der Waals surface area (Å²) >= 11 is 0. The number of carbonyl (C=O) groups is 1. The summed E-state index contributed by atoms with van der Waals surface area (Å²) in [6, 6.07) is 14.1. The van der Waals surface area contributed by atoms with Crippen LogP contribution in [0.15, 0.2) is 59.4 Å². The Morgan fingerprint density at radius 2 is 1.87 bits per heavy atom. The van der Waals surface area contributed by atoms with Crippen LogP contribution in [0, 0.1) is 26.7 Å². The molecule has 0 radical (unpaired) electrons. The molecule has 1 fully saturated rings. The van der Waals surface area contributed by atoms with Crippen LogP contribution in [0.5, 0.6) is 0 Å². The van der Waals surface area contributed by atoms with Gasteiger partial charge in [0, 0.05) is 24.7 Å². The molecule has 1 N–H and O–H groups in total. The van der Waals surface area contributed by atoms with Crippen molar-refractivity contribution in [1.29, 1.82) is 0 Å². The molecule has 2 heterocycles. The molecule has 0 unspecified atom stereocenters. The van der Waals surface area contributed by atoms with Crippen molar-refractivity contribution in [2.24, 2.45) is 11.1 Å². The molecular formula is C25H26N2O4. The molecule has 6 heteroatoms. The molecule has 0 spiro atoms. The first kappa shape index (κ1) is 20.0. The van der Waals surface area contributed by atoms with Gasteiger partial charge in [0.05, 0.1) is 12.3 Å². The van der Waals surface area contributed by atoms with E-state index in [2.05, 4.69) is 17.3 Å². The second-order valence-corrected chi connectivity index (χ2v) is 8.64. The molecule has 6 nitrogen and oxygen atoms in total. The molecular weight excluding hydrogens is 392 g/mol. The van der Waals surface area contributed by atoms with Gasteiger partial charge in [0.2, 0.25) is 11.9 Å². The molecule has 31 heavy (non-hydrogen) atoms. The van der Waals surface area contributed by atoms with Gasteiger partial charge in [-0.2, -0.15) is 0 Å². The van der Waals surface area contributed by atoms with Crippen molar-refractivity contribution in [3.8, 4) is 0 Å². The Balaban J connectivity index is 1.52. The minimum absolute atomic E-state index is 0.121. The van der Waals surface area contributed by atoms with Gasteiger partial charge in [-0.1, -0.05) is 53.2 Å². The summed E-state index contributed by atoms with van der Waals surface area (Å²) in [7, 11) is 0. The van der Waals surface area contributed by atoms with E-state index in [9.17, 15) is 9.90 Å². The van der Waals surface area contributed by atoms with Gasteiger partial charge in [0.15, 0.2) is 5.78 Å². The summed E-state index contributed by atoms with van der Waals surface area (Å²) in [5.74, 6) is -2.54. The maximum atomic E-state index is 13.3. The van der Waals surface area contributed by atoms with Crippen molar-refractivity contribution in [2.75, 3.05) is 13.2 Å². The van der Waals surface area contributed by atoms with Crippen LogP contribution in [0.1, 0.15) is 27.8 Å². The van der Waals surface area contributed by atoms with Crippen LogP contribution < -0.4 is 0 Å². The molecule has 0 saturated carbocycles. The standard InChI is InChI=1S/C25H26N2O4/c1-15-11-16(2)21(17(3)12-15)23-22-19(28)13-20-25(29,24(22)31-26-23)30-10-9-27(20)14-18-7-5-4-6-8-18/h4-8,11-13,22,24,29H,9-10,14H2,1-3H3/t22-,24+,25+/m1/s1. The van der Waals surface area contributed by atoms with E-state index >= 15 is 0 Å². The van der Waals surface area contributed by atoms with E-state index in [0.29, 0.717) is 31.1 Å². The number of rotatable bonds is 3. The van der Waals surface area contributed by atoms with Gasteiger partial charge in [-0.3, -0.25) is 4.79 Å². The van der Waals surface area contributed by atoms with Gasteiger partial charge >= 0.3 is 0 Å². The normalized spacial score (nSPS) is 27.2. The summed E-state index contributed by atoms with van der Waals surface area (Å²) in [6.07, 6.45) is 0.612. The van der Waals surface area contributed by atoms with E-state index in [1.165, 1.54) is 6.08 Å². The minimum atomic E-state index is -1.72. The number of allylic oxidation sites excluding steroid dienone is 1. The Bertz CT molecular complexity index is 1080. The van der Waals surface area contributed by atoms with E-state index in [4.69, 9.17) is 9.57 Å². The molecule has 1 saturated heterocycles. The summed E-state index contributed by atoms with van der Waals surface area (Å²) in [5.41, 5.74) is 6.23. The Labute approximate surface area is 181 Å². The highest BCUT2D eigenvalue weighted by molar-refractivity contribution is 6.19. The van der Waals surface area contributed by atoms with Crippen LogP contribution in [-0.4, -0.2) is 46.5 Å². The van der Waals surface area contributed by atoms with Gasteiger partial charge in [-0.05, 0) is 37.5 Å². The van der Waals surface area contributed by atoms with Crippen molar-refractivity contribution >= 4 is 11.5 Å². The molecule has 3 atom stereocenters. The lowest BCUT2D eigenvalue weighted by Crippen LogP contribution is -2.61. The third-order valence-corrected chi connectivity index (χ3v) is 6.37. The average Bonchev–Trinajstić information content (AvgIpc) is 3.16. The third kappa shape index (κ3) is 3.18. The predicted molar refractivity (Wildman–Crippen MR) is 116 cm³/mol.